The number of benzene rings is 1. The van der Waals surface area contributed by atoms with Gasteiger partial charge in [-0.3, -0.25) is 14.5 Å². The van der Waals surface area contributed by atoms with Crippen LogP contribution in [0.4, 0.5) is 5.69 Å². The van der Waals surface area contributed by atoms with Crippen molar-refractivity contribution in [3.05, 3.63) is 18.2 Å². The minimum atomic E-state index is -1.10. The molecule has 96 valence electrons. The van der Waals surface area contributed by atoms with Gasteiger partial charge >= 0.3 is 5.97 Å². The molecule has 1 unspecified atom stereocenters. The summed E-state index contributed by atoms with van der Waals surface area (Å²) in [6.45, 7) is 1.35. The summed E-state index contributed by atoms with van der Waals surface area (Å²) in [6.07, 6.45) is -0.275. The fraction of sp³-hybridized carbons (Fsp3) is 0.333. The molecule has 0 spiro atoms. The Morgan fingerprint density at radius 2 is 2.22 bits per heavy atom. The lowest BCUT2D eigenvalue weighted by Crippen LogP contribution is -2.47. The molecule has 1 aromatic rings. The zero-order valence-electron chi connectivity index (χ0n) is 9.79. The molecular formula is C12H13NO5. The number of carbonyl (C=O) groups excluding carboxylic acids is 1. The highest BCUT2D eigenvalue weighted by molar-refractivity contribution is 6.03. The number of carboxylic acid groups (broad SMARTS) is 1. The van der Waals surface area contributed by atoms with Gasteiger partial charge in [0.1, 0.15) is 18.0 Å². The summed E-state index contributed by atoms with van der Waals surface area (Å²) in [4.78, 5) is 24.0. The number of nitrogens with zero attached hydrogens (tertiary/aromatic N) is 1. The van der Waals surface area contributed by atoms with Crippen molar-refractivity contribution in [2.24, 2.45) is 0 Å². The summed E-state index contributed by atoms with van der Waals surface area (Å²) in [6, 6.07) is 4.23. The molecule has 1 aromatic carbocycles. The largest absolute Gasteiger partial charge is 0.508 e. The number of phenolic OH excluding ortho intramolecular Hbond substituents is 1. The number of carboxylic acids is 1. The van der Waals surface area contributed by atoms with Gasteiger partial charge in [-0.05, 0) is 18.6 Å². The van der Waals surface area contributed by atoms with E-state index in [2.05, 4.69) is 0 Å². The van der Waals surface area contributed by atoms with Crippen molar-refractivity contribution in [2.75, 3.05) is 11.4 Å². The molecule has 0 fully saturated rings. The lowest BCUT2D eigenvalue weighted by molar-refractivity contribution is -0.137. The summed E-state index contributed by atoms with van der Waals surface area (Å²) < 4.78 is 5.44. The summed E-state index contributed by atoms with van der Waals surface area (Å²) >= 11 is 0. The molecule has 0 saturated carbocycles. The number of anilines is 1. The first-order valence-corrected chi connectivity index (χ1v) is 5.55. The number of fused-ring (bicyclic) bond motifs is 1. The van der Waals surface area contributed by atoms with Crippen molar-refractivity contribution in [3.8, 4) is 11.5 Å². The van der Waals surface area contributed by atoms with Crippen molar-refractivity contribution in [2.45, 2.75) is 19.4 Å². The average molecular weight is 251 g/mol. The average Bonchev–Trinajstić information content (AvgIpc) is 2.31. The Labute approximate surface area is 103 Å². The highest BCUT2D eigenvalue weighted by atomic mass is 16.5. The third kappa shape index (κ3) is 2.09. The number of carbonyl (C=O) groups is 2. The maximum atomic E-state index is 12.0. The first-order valence-electron chi connectivity index (χ1n) is 5.55. The van der Waals surface area contributed by atoms with E-state index in [4.69, 9.17) is 9.84 Å². The maximum Gasteiger partial charge on any atom is 0.323 e. The SMILES string of the molecule is CCC1Oc2cc(O)ccc2N(CC(=O)O)C1=O. The lowest BCUT2D eigenvalue weighted by Gasteiger charge is -2.33. The van der Waals surface area contributed by atoms with E-state index in [0.29, 0.717) is 17.9 Å². The highest BCUT2D eigenvalue weighted by Gasteiger charge is 2.34. The van der Waals surface area contributed by atoms with Crippen molar-refractivity contribution in [3.63, 3.8) is 0 Å². The molecule has 0 saturated heterocycles. The van der Waals surface area contributed by atoms with Gasteiger partial charge in [0.2, 0.25) is 0 Å². The first-order chi connectivity index (χ1) is 8.52. The monoisotopic (exact) mass is 251 g/mol. The predicted molar refractivity (Wildman–Crippen MR) is 62.8 cm³/mol. The van der Waals surface area contributed by atoms with Crippen LogP contribution in [0.1, 0.15) is 13.3 Å². The number of hydrogen-bond acceptors (Lipinski definition) is 4. The van der Waals surface area contributed by atoms with Crippen LogP contribution < -0.4 is 9.64 Å². The minimum Gasteiger partial charge on any atom is -0.508 e. The van der Waals surface area contributed by atoms with E-state index in [1.807, 2.05) is 0 Å². The molecule has 0 radical (unpaired) electrons. The minimum absolute atomic E-state index is 0.00762. The van der Waals surface area contributed by atoms with Crippen molar-refractivity contribution in [1.29, 1.82) is 0 Å². The van der Waals surface area contributed by atoms with E-state index in [0.717, 1.165) is 4.90 Å². The standard InChI is InChI=1S/C12H13NO5/c1-2-9-12(17)13(6-11(15)16)8-4-3-7(14)5-10(8)18-9/h3-5,9,14H,2,6H2,1H3,(H,15,16). The third-order valence-corrected chi connectivity index (χ3v) is 2.71. The second-order valence-corrected chi connectivity index (χ2v) is 3.98. The topological polar surface area (TPSA) is 87.1 Å². The van der Waals surface area contributed by atoms with Gasteiger partial charge in [-0.25, -0.2) is 0 Å². The van der Waals surface area contributed by atoms with Crippen molar-refractivity contribution in [1.82, 2.24) is 0 Å². The Bertz CT molecular complexity index is 499. The first kappa shape index (κ1) is 12.2. The molecule has 6 heteroatoms. The molecule has 1 atom stereocenters. The van der Waals surface area contributed by atoms with Crippen LogP contribution in [-0.2, 0) is 9.59 Å². The Kier molecular flexibility index (Phi) is 3.10. The van der Waals surface area contributed by atoms with Crippen molar-refractivity contribution < 1.29 is 24.5 Å². The summed E-state index contributed by atoms with van der Waals surface area (Å²) in [5.41, 5.74) is 0.366. The van der Waals surface area contributed by atoms with Gasteiger partial charge in [-0.2, -0.15) is 0 Å². The van der Waals surface area contributed by atoms with Crippen LogP contribution in [-0.4, -0.2) is 34.7 Å². The molecular weight excluding hydrogens is 238 g/mol. The lowest BCUT2D eigenvalue weighted by atomic mass is 10.1. The molecule has 2 rings (SSSR count). The third-order valence-electron chi connectivity index (χ3n) is 2.71. The molecule has 18 heavy (non-hydrogen) atoms. The number of hydrogen-bond donors (Lipinski definition) is 2. The quantitative estimate of drug-likeness (QED) is 0.836. The molecule has 1 aliphatic heterocycles. The van der Waals surface area contributed by atoms with E-state index in [1.165, 1.54) is 18.2 Å². The summed E-state index contributed by atoms with van der Waals surface area (Å²) in [5.74, 6) is -1.15. The molecule has 1 heterocycles. The van der Waals surface area contributed by atoms with Gasteiger partial charge in [0, 0.05) is 6.07 Å². The van der Waals surface area contributed by atoms with Crippen LogP contribution in [0.15, 0.2) is 18.2 Å². The van der Waals surface area contributed by atoms with E-state index in [1.54, 1.807) is 6.92 Å². The number of ether oxygens (including phenoxy) is 1. The van der Waals surface area contributed by atoms with Crippen LogP contribution in [0, 0.1) is 0 Å². The highest BCUT2D eigenvalue weighted by Crippen LogP contribution is 2.37. The number of rotatable bonds is 3. The molecule has 6 nitrogen and oxygen atoms in total. The predicted octanol–water partition coefficient (Wildman–Crippen LogP) is 0.981. The normalized spacial score (nSPS) is 18.2. The number of aliphatic carboxylic acids is 1. The molecule has 0 aliphatic carbocycles. The molecule has 0 aromatic heterocycles. The maximum absolute atomic E-state index is 12.0. The van der Waals surface area contributed by atoms with Gasteiger partial charge < -0.3 is 14.9 Å². The van der Waals surface area contributed by atoms with Gasteiger partial charge in [0.15, 0.2) is 6.10 Å². The van der Waals surface area contributed by atoms with Gasteiger partial charge in [0.25, 0.3) is 5.91 Å². The second kappa shape index (κ2) is 4.56. The zero-order chi connectivity index (χ0) is 13.3. The fourth-order valence-corrected chi connectivity index (χ4v) is 1.87. The van der Waals surface area contributed by atoms with Gasteiger partial charge in [0.05, 0.1) is 5.69 Å². The number of phenols is 1. The van der Waals surface area contributed by atoms with Gasteiger partial charge in [-0.1, -0.05) is 6.92 Å². The van der Waals surface area contributed by atoms with Crippen molar-refractivity contribution >= 4 is 17.6 Å². The molecule has 0 bridgehead atoms. The molecule has 1 aliphatic rings. The van der Waals surface area contributed by atoms with Crippen LogP contribution in [0.2, 0.25) is 0 Å². The number of aromatic hydroxyl groups is 1. The zero-order valence-corrected chi connectivity index (χ0v) is 9.79. The number of amides is 1. The Balaban J connectivity index is 2.44. The van der Waals surface area contributed by atoms with Crippen LogP contribution in [0.25, 0.3) is 0 Å². The second-order valence-electron chi connectivity index (χ2n) is 3.98. The van der Waals surface area contributed by atoms with E-state index in [-0.39, 0.29) is 11.7 Å². The summed E-state index contributed by atoms with van der Waals surface area (Å²) in [7, 11) is 0. The Hall–Kier alpha value is -2.24. The smallest absolute Gasteiger partial charge is 0.323 e. The Morgan fingerprint density at radius 3 is 2.83 bits per heavy atom. The Morgan fingerprint density at radius 1 is 1.50 bits per heavy atom. The summed E-state index contributed by atoms with van der Waals surface area (Å²) in [5, 5.41) is 18.2. The van der Waals surface area contributed by atoms with Crippen LogP contribution in [0.3, 0.4) is 0 Å². The van der Waals surface area contributed by atoms with Gasteiger partial charge in [-0.15, -0.1) is 0 Å². The molecule has 2 N–H and O–H groups in total. The van der Waals surface area contributed by atoms with Crippen LogP contribution in [0.5, 0.6) is 11.5 Å². The molecule has 1 amide bonds. The van der Waals surface area contributed by atoms with E-state index < -0.39 is 18.6 Å². The van der Waals surface area contributed by atoms with E-state index >= 15 is 0 Å². The van der Waals surface area contributed by atoms with E-state index in [9.17, 15) is 14.7 Å². The fourth-order valence-electron chi connectivity index (χ4n) is 1.87. The van der Waals surface area contributed by atoms with Crippen LogP contribution >= 0.6 is 0 Å².